The van der Waals surface area contributed by atoms with Gasteiger partial charge in [-0.1, -0.05) is 41.8 Å². The third-order valence-electron chi connectivity index (χ3n) is 4.70. The van der Waals surface area contributed by atoms with Crippen molar-refractivity contribution in [2.75, 3.05) is 0 Å². The lowest BCUT2D eigenvalue weighted by molar-refractivity contribution is -0.680. The summed E-state index contributed by atoms with van der Waals surface area (Å²) in [4.78, 5) is 10.8. The number of aliphatic carboxylic acids is 1. The number of tetrazole rings is 1. The molecule has 2 N–H and O–H groups in total. The number of nitrogens with one attached hydrogen (secondary N) is 1. The van der Waals surface area contributed by atoms with E-state index in [1.807, 2.05) is 0 Å². The van der Waals surface area contributed by atoms with Crippen LogP contribution in [-0.2, 0) is 11.0 Å². The number of H-pyrrole nitrogens is 1. The van der Waals surface area contributed by atoms with Crippen LogP contribution in [0.25, 0.3) is 5.69 Å². The molecule has 1 saturated carbocycles. The number of carbonyl (C=O) groups is 1. The molecular formula is C17H17ClF3N4O2+. The first-order valence-corrected chi connectivity index (χ1v) is 8.76. The maximum Gasteiger partial charge on any atom is 0.488 e. The number of nitrogens with zero attached hydrogens (tertiary/aromatic N) is 3. The summed E-state index contributed by atoms with van der Waals surface area (Å²) in [6.07, 6.45) is 1.86. The van der Waals surface area contributed by atoms with E-state index in [4.69, 9.17) is 16.7 Å². The summed E-state index contributed by atoms with van der Waals surface area (Å²) in [5.41, 5.74) is 0.955. The van der Waals surface area contributed by atoms with Crippen LogP contribution in [0.4, 0.5) is 13.2 Å². The molecule has 1 aromatic heterocycles. The van der Waals surface area contributed by atoms with E-state index >= 15 is 0 Å². The lowest BCUT2D eigenvalue weighted by Gasteiger charge is -2.30. The van der Waals surface area contributed by atoms with Crippen molar-refractivity contribution in [3.63, 3.8) is 0 Å². The van der Waals surface area contributed by atoms with E-state index in [2.05, 4.69) is 15.5 Å². The number of carboxylic acids is 1. The molecule has 144 valence electrons. The topological polar surface area (TPSA) is 82.8 Å². The second-order valence-electron chi connectivity index (χ2n) is 6.42. The SMILES string of the molecule is O=C(O)/C=C/C1CCCCC1c1ccc(-[n+]2[nH]nnc2C(F)(F)F)c(Cl)c1. The van der Waals surface area contributed by atoms with Gasteiger partial charge >= 0.3 is 18.0 Å². The van der Waals surface area contributed by atoms with Crippen molar-refractivity contribution in [3.8, 4) is 5.69 Å². The summed E-state index contributed by atoms with van der Waals surface area (Å²) in [6.45, 7) is 0. The quantitative estimate of drug-likeness (QED) is 0.605. The van der Waals surface area contributed by atoms with Crippen LogP contribution in [0.1, 0.15) is 43.0 Å². The highest BCUT2D eigenvalue weighted by molar-refractivity contribution is 6.32. The molecule has 0 saturated heterocycles. The van der Waals surface area contributed by atoms with E-state index in [9.17, 15) is 18.0 Å². The molecule has 1 aliphatic rings. The number of benzene rings is 1. The van der Waals surface area contributed by atoms with Crippen LogP contribution in [0, 0.1) is 5.92 Å². The molecule has 0 radical (unpaired) electrons. The van der Waals surface area contributed by atoms with E-state index in [0.717, 1.165) is 37.3 Å². The van der Waals surface area contributed by atoms with Crippen LogP contribution in [0.5, 0.6) is 0 Å². The van der Waals surface area contributed by atoms with Crippen molar-refractivity contribution in [2.24, 2.45) is 5.92 Å². The van der Waals surface area contributed by atoms with Crippen molar-refractivity contribution in [1.82, 2.24) is 15.5 Å². The van der Waals surface area contributed by atoms with E-state index in [1.54, 1.807) is 18.2 Å². The van der Waals surface area contributed by atoms with E-state index in [1.165, 1.54) is 6.07 Å². The van der Waals surface area contributed by atoms with Gasteiger partial charge < -0.3 is 5.11 Å². The molecule has 1 aliphatic carbocycles. The average molecular weight is 402 g/mol. The first-order valence-electron chi connectivity index (χ1n) is 8.38. The predicted molar refractivity (Wildman–Crippen MR) is 89.4 cm³/mol. The van der Waals surface area contributed by atoms with Gasteiger partial charge in [0.1, 0.15) is 10.8 Å². The molecule has 1 fully saturated rings. The predicted octanol–water partition coefficient (Wildman–Crippen LogP) is 3.67. The lowest BCUT2D eigenvalue weighted by Crippen LogP contribution is -2.41. The number of hydrogen-bond donors (Lipinski definition) is 2. The van der Waals surface area contributed by atoms with Gasteiger partial charge in [0.25, 0.3) is 0 Å². The van der Waals surface area contributed by atoms with Crippen LogP contribution in [-0.4, -0.2) is 26.6 Å². The minimum Gasteiger partial charge on any atom is -0.478 e. The van der Waals surface area contributed by atoms with E-state index < -0.39 is 18.0 Å². The Labute approximate surface area is 157 Å². The van der Waals surface area contributed by atoms with Crippen molar-refractivity contribution < 1.29 is 27.8 Å². The molecule has 6 nitrogen and oxygen atoms in total. The molecule has 1 aromatic carbocycles. The number of aromatic amines is 1. The molecule has 2 aromatic rings. The van der Waals surface area contributed by atoms with Gasteiger partial charge in [-0.05, 0) is 42.4 Å². The fraction of sp³-hybridized carbons (Fsp3) is 0.412. The fourth-order valence-electron chi connectivity index (χ4n) is 3.50. The number of rotatable bonds is 4. The standard InChI is InChI=1S/C17H16ClF3N4O2/c18-13-9-11(12-4-2-1-3-10(12)6-8-15(26)27)5-7-14(13)25-16(17(19,20)21)22-23-24-25/h5-10,12H,1-4H2,(H,26,27)/p+1/b8-6+. The Morgan fingerprint density at radius 1 is 1.33 bits per heavy atom. The van der Waals surface area contributed by atoms with Crippen LogP contribution < -0.4 is 4.68 Å². The number of carboxylic acid groups (broad SMARTS) is 1. The maximum atomic E-state index is 13.0. The summed E-state index contributed by atoms with van der Waals surface area (Å²) < 4.78 is 39.8. The zero-order valence-electron chi connectivity index (χ0n) is 14.1. The number of alkyl halides is 3. The Bertz CT molecular complexity index is 866. The molecule has 27 heavy (non-hydrogen) atoms. The number of hydrogen-bond acceptors (Lipinski definition) is 3. The monoisotopic (exact) mass is 401 g/mol. The van der Waals surface area contributed by atoms with Gasteiger partial charge in [0.05, 0.1) is 5.02 Å². The summed E-state index contributed by atoms with van der Waals surface area (Å²) in [5, 5.41) is 17.5. The molecule has 0 bridgehead atoms. The molecule has 0 amide bonds. The van der Waals surface area contributed by atoms with Crippen LogP contribution in [0.2, 0.25) is 5.02 Å². The largest absolute Gasteiger partial charge is 0.488 e. The molecule has 1 heterocycles. The first-order chi connectivity index (χ1) is 12.8. The minimum atomic E-state index is -4.68. The van der Waals surface area contributed by atoms with Gasteiger partial charge in [0, 0.05) is 6.08 Å². The first kappa shape index (κ1) is 19.3. The van der Waals surface area contributed by atoms with Gasteiger partial charge in [-0.25, -0.2) is 4.79 Å². The molecule has 2 unspecified atom stereocenters. The number of allylic oxidation sites excluding steroid dienone is 1. The lowest BCUT2D eigenvalue weighted by atomic mass is 9.75. The third-order valence-corrected chi connectivity index (χ3v) is 5.00. The van der Waals surface area contributed by atoms with E-state index in [-0.39, 0.29) is 22.5 Å². The molecule has 3 rings (SSSR count). The summed E-state index contributed by atoms with van der Waals surface area (Å²) in [6, 6.07) is 4.83. The van der Waals surface area contributed by atoms with Gasteiger partial charge in [-0.15, -0.1) is 4.68 Å². The van der Waals surface area contributed by atoms with E-state index in [0.29, 0.717) is 4.68 Å². The number of halogens is 4. The van der Waals surface area contributed by atoms with Crippen molar-refractivity contribution >= 4 is 17.6 Å². The van der Waals surface area contributed by atoms with Crippen LogP contribution in [0.15, 0.2) is 30.4 Å². The fourth-order valence-corrected chi connectivity index (χ4v) is 3.78. The molecule has 2 atom stereocenters. The van der Waals surface area contributed by atoms with Crippen molar-refractivity contribution in [1.29, 1.82) is 0 Å². The second kappa shape index (κ2) is 7.67. The van der Waals surface area contributed by atoms with Gasteiger partial charge in [0.15, 0.2) is 5.21 Å². The van der Waals surface area contributed by atoms with Crippen LogP contribution >= 0.6 is 11.6 Å². The number of aromatic nitrogens is 4. The molecule has 0 spiro atoms. The van der Waals surface area contributed by atoms with Gasteiger partial charge in [-0.2, -0.15) is 13.2 Å². The summed E-state index contributed by atoms with van der Waals surface area (Å²) in [5.74, 6) is -2.09. The summed E-state index contributed by atoms with van der Waals surface area (Å²) in [7, 11) is 0. The van der Waals surface area contributed by atoms with Gasteiger partial charge in [-0.3, -0.25) is 0 Å². The zero-order valence-corrected chi connectivity index (χ0v) is 14.8. The minimum absolute atomic E-state index is 0.0453. The Hall–Kier alpha value is -2.42. The zero-order chi connectivity index (χ0) is 19.6. The molecule has 0 aliphatic heterocycles. The highest BCUT2D eigenvalue weighted by Crippen LogP contribution is 2.40. The Morgan fingerprint density at radius 3 is 2.74 bits per heavy atom. The second-order valence-corrected chi connectivity index (χ2v) is 6.83. The Kier molecular flexibility index (Phi) is 5.50. The highest BCUT2D eigenvalue weighted by Gasteiger charge is 2.45. The normalized spacial score (nSPS) is 20.9. The Morgan fingerprint density at radius 2 is 2.07 bits per heavy atom. The highest BCUT2D eigenvalue weighted by atomic mass is 35.5. The van der Waals surface area contributed by atoms with Crippen molar-refractivity contribution in [2.45, 2.75) is 37.8 Å². The van der Waals surface area contributed by atoms with Crippen molar-refractivity contribution in [3.05, 3.63) is 46.8 Å². The van der Waals surface area contributed by atoms with Gasteiger partial charge in [0.2, 0.25) is 0 Å². The third kappa shape index (κ3) is 4.29. The molecular weight excluding hydrogens is 385 g/mol. The maximum absolute atomic E-state index is 13.0. The Balaban J connectivity index is 1.93. The summed E-state index contributed by atoms with van der Waals surface area (Å²) >= 11 is 6.26. The smallest absolute Gasteiger partial charge is 0.478 e. The van der Waals surface area contributed by atoms with Crippen LogP contribution in [0.3, 0.4) is 0 Å². The average Bonchev–Trinajstić information content (AvgIpc) is 3.10. The molecule has 10 heteroatoms.